The summed E-state index contributed by atoms with van der Waals surface area (Å²) in [6, 6.07) is 9.57. The number of rotatable bonds is 5. The van der Waals surface area contributed by atoms with Gasteiger partial charge in [-0.2, -0.15) is 0 Å². The van der Waals surface area contributed by atoms with Crippen LogP contribution < -0.4 is 4.74 Å². The van der Waals surface area contributed by atoms with Crippen LogP contribution in [0.2, 0.25) is 0 Å². The molecule has 2 heterocycles. The number of benzene rings is 1. The van der Waals surface area contributed by atoms with Gasteiger partial charge in [-0.1, -0.05) is 17.3 Å². The molecule has 5 nitrogen and oxygen atoms in total. The van der Waals surface area contributed by atoms with Crippen LogP contribution in [0, 0.1) is 26.6 Å². The molecule has 2 aromatic heterocycles. The number of nitrogens with zero attached hydrogens (tertiary/aromatic N) is 2. The van der Waals surface area contributed by atoms with Gasteiger partial charge in [-0.15, -0.1) is 0 Å². The van der Waals surface area contributed by atoms with Gasteiger partial charge >= 0.3 is 0 Å². The minimum Gasteiger partial charge on any atom is -0.482 e. The second-order valence-electron chi connectivity index (χ2n) is 5.56. The van der Waals surface area contributed by atoms with E-state index in [4.69, 9.17) is 9.26 Å². The van der Waals surface area contributed by atoms with Crippen molar-refractivity contribution in [2.75, 3.05) is 6.61 Å². The van der Waals surface area contributed by atoms with Gasteiger partial charge in [-0.25, -0.2) is 4.39 Å². The number of para-hydroxylation sites is 1. The number of hydrogen-bond acceptors (Lipinski definition) is 4. The molecule has 124 valence electrons. The highest BCUT2D eigenvalue weighted by Gasteiger charge is 2.19. The lowest BCUT2D eigenvalue weighted by molar-refractivity contribution is 0.0918. The number of carbonyl (C=O) groups excluding carboxylic acids is 1. The lowest BCUT2D eigenvalue weighted by Crippen LogP contribution is -2.13. The van der Waals surface area contributed by atoms with Crippen molar-refractivity contribution in [2.24, 2.45) is 0 Å². The summed E-state index contributed by atoms with van der Waals surface area (Å²) in [4.78, 5) is 12.4. The minimum absolute atomic E-state index is 0.0618. The van der Waals surface area contributed by atoms with Crippen molar-refractivity contribution >= 4 is 5.78 Å². The minimum atomic E-state index is -0.492. The molecular weight excluding hydrogens is 311 g/mol. The van der Waals surface area contributed by atoms with E-state index >= 15 is 0 Å². The van der Waals surface area contributed by atoms with E-state index in [-0.39, 0.29) is 18.1 Å². The van der Waals surface area contributed by atoms with Gasteiger partial charge in [0.15, 0.2) is 24.0 Å². The highest BCUT2D eigenvalue weighted by Crippen LogP contribution is 2.22. The topological polar surface area (TPSA) is 57.3 Å². The Labute approximate surface area is 138 Å². The number of aryl methyl sites for hydroxylation is 2. The van der Waals surface area contributed by atoms with Gasteiger partial charge in [-0.3, -0.25) is 9.36 Å². The van der Waals surface area contributed by atoms with E-state index in [1.807, 2.05) is 18.4 Å². The van der Waals surface area contributed by atoms with E-state index in [0.717, 1.165) is 11.4 Å². The van der Waals surface area contributed by atoms with Gasteiger partial charge < -0.3 is 9.26 Å². The summed E-state index contributed by atoms with van der Waals surface area (Å²) in [7, 11) is 0. The zero-order valence-corrected chi connectivity index (χ0v) is 13.7. The third kappa shape index (κ3) is 2.95. The van der Waals surface area contributed by atoms with Crippen LogP contribution in [0.4, 0.5) is 4.39 Å². The largest absolute Gasteiger partial charge is 0.482 e. The number of aromatic nitrogens is 2. The maximum atomic E-state index is 13.6. The number of Topliss-reactive ketones (excluding diaryl/α,β-unsaturated/α-hetero) is 1. The molecule has 3 aromatic rings. The highest BCUT2D eigenvalue weighted by atomic mass is 19.1. The highest BCUT2D eigenvalue weighted by molar-refractivity contribution is 5.98. The Kier molecular flexibility index (Phi) is 4.20. The van der Waals surface area contributed by atoms with E-state index in [2.05, 4.69) is 5.16 Å². The van der Waals surface area contributed by atoms with Gasteiger partial charge in [0.05, 0.1) is 0 Å². The summed E-state index contributed by atoms with van der Waals surface area (Å²) in [5.74, 6) is 0.656. The molecule has 0 aliphatic heterocycles. The second kappa shape index (κ2) is 6.31. The van der Waals surface area contributed by atoms with Crippen molar-refractivity contribution in [2.45, 2.75) is 20.8 Å². The van der Waals surface area contributed by atoms with Crippen LogP contribution in [0.25, 0.3) is 5.82 Å². The molecule has 0 aliphatic rings. The predicted molar refractivity (Wildman–Crippen MR) is 86.3 cm³/mol. The molecule has 0 atom stereocenters. The third-order valence-corrected chi connectivity index (χ3v) is 3.77. The summed E-state index contributed by atoms with van der Waals surface area (Å²) in [5, 5.41) is 3.98. The molecule has 0 bridgehead atoms. The van der Waals surface area contributed by atoms with Crippen LogP contribution in [-0.4, -0.2) is 22.1 Å². The number of halogens is 1. The first kappa shape index (κ1) is 16.0. The van der Waals surface area contributed by atoms with E-state index in [0.29, 0.717) is 17.1 Å². The van der Waals surface area contributed by atoms with Crippen molar-refractivity contribution in [3.63, 3.8) is 0 Å². The van der Waals surface area contributed by atoms with Crippen LogP contribution in [0.15, 0.2) is 40.9 Å². The van der Waals surface area contributed by atoms with Crippen molar-refractivity contribution in [1.29, 1.82) is 0 Å². The molecule has 1 aromatic carbocycles. The Hall–Kier alpha value is -2.89. The Balaban J connectivity index is 1.82. The number of carbonyl (C=O) groups is 1. The van der Waals surface area contributed by atoms with Crippen LogP contribution >= 0.6 is 0 Å². The molecule has 3 rings (SSSR count). The molecule has 0 N–H and O–H groups in total. The molecule has 6 heteroatoms. The predicted octanol–water partition coefficient (Wildman–Crippen LogP) is 3.79. The van der Waals surface area contributed by atoms with Crippen molar-refractivity contribution in [3.8, 4) is 11.6 Å². The van der Waals surface area contributed by atoms with Crippen LogP contribution in [0.5, 0.6) is 5.75 Å². The van der Waals surface area contributed by atoms with E-state index in [9.17, 15) is 9.18 Å². The van der Waals surface area contributed by atoms with Crippen molar-refractivity contribution in [3.05, 3.63) is 64.9 Å². The Morgan fingerprint density at radius 2 is 2.00 bits per heavy atom. The van der Waals surface area contributed by atoms with Gasteiger partial charge in [0.2, 0.25) is 5.78 Å². The van der Waals surface area contributed by atoms with Crippen molar-refractivity contribution < 1.29 is 18.4 Å². The van der Waals surface area contributed by atoms with E-state index in [1.165, 1.54) is 12.1 Å². The zero-order chi connectivity index (χ0) is 17.3. The standard InChI is InChI=1S/C18H17FN2O3/c1-11-8-14(13(3)21(11)18-9-12(2)24-20-18)16(22)10-23-17-7-5-4-6-15(17)19/h4-9H,10H2,1-3H3. The Bertz CT molecular complexity index is 896. The lowest BCUT2D eigenvalue weighted by Gasteiger charge is -2.07. The molecule has 0 radical (unpaired) electrons. The molecule has 0 spiro atoms. The maximum Gasteiger partial charge on any atom is 0.202 e. The normalized spacial score (nSPS) is 10.8. The summed E-state index contributed by atoms with van der Waals surface area (Å²) < 4.78 is 25.8. The Morgan fingerprint density at radius 3 is 2.67 bits per heavy atom. The second-order valence-corrected chi connectivity index (χ2v) is 5.56. The molecular formula is C18H17FN2O3. The Morgan fingerprint density at radius 1 is 1.25 bits per heavy atom. The fraction of sp³-hybridized carbons (Fsp3) is 0.222. The summed E-state index contributed by atoms with van der Waals surface area (Å²) in [5.41, 5.74) is 2.11. The number of ether oxygens (including phenoxy) is 1. The van der Waals surface area contributed by atoms with Crippen LogP contribution in [0.3, 0.4) is 0 Å². The first-order valence-electron chi connectivity index (χ1n) is 7.50. The van der Waals surface area contributed by atoms with Crippen LogP contribution in [0.1, 0.15) is 27.5 Å². The molecule has 0 aliphatic carbocycles. The maximum absolute atomic E-state index is 13.6. The first-order chi connectivity index (χ1) is 11.5. The monoisotopic (exact) mass is 328 g/mol. The van der Waals surface area contributed by atoms with Gasteiger partial charge in [0.25, 0.3) is 0 Å². The SMILES string of the molecule is Cc1cc(-n2c(C)cc(C(=O)COc3ccccc3F)c2C)no1. The molecule has 0 unspecified atom stereocenters. The number of ketones is 1. The summed E-state index contributed by atoms with van der Waals surface area (Å²) >= 11 is 0. The molecule has 0 saturated carbocycles. The zero-order valence-electron chi connectivity index (χ0n) is 13.7. The molecule has 0 amide bonds. The van der Waals surface area contributed by atoms with Crippen molar-refractivity contribution in [1.82, 2.24) is 9.72 Å². The van der Waals surface area contributed by atoms with Gasteiger partial charge in [0, 0.05) is 23.0 Å². The lowest BCUT2D eigenvalue weighted by atomic mass is 10.1. The fourth-order valence-corrected chi connectivity index (χ4v) is 2.64. The third-order valence-electron chi connectivity index (χ3n) is 3.77. The van der Waals surface area contributed by atoms with E-state index < -0.39 is 5.82 Å². The average molecular weight is 328 g/mol. The fourth-order valence-electron chi connectivity index (χ4n) is 2.64. The molecule has 24 heavy (non-hydrogen) atoms. The summed E-state index contributed by atoms with van der Waals surface area (Å²) in [6.45, 7) is 5.28. The van der Waals surface area contributed by atoms with E-state index in [1.54, 1.807) is 31.2 Å². The first-order valence-corrected chi connectivity index (χ1v) is 7.50. The summed E-state index contributed by atoms with van der Waals surface area (Å²) in [6.07, 6.45) is 0. The smallest absolute Gasteiger partial charge is 0.202 e. The molecule has 0 fully saturated rings. The number of hydrogen-bond donors (Lipinski definition) is 0. The molecule has 0 saturated heterocycles. The van der Waals surface area contributed by atoms with Gasteiger partial charge in [-0.05, 0) is 39.0 Å². The quantitative estimate of drug-likeness (QED) is 0.669. The van der Waals surface area contributed by atoms with Gasteiger partial charge in [0.1, 0.15) is 5.76 Å². The average Bonchev–Trinajstić information content (AvgIpc) is 3.09. The van der Waals surface area contributed by atoms with Crippen LogP contribution in [-0.2, 0) is 0 Å².